The molecule has 2 aliphatic rings. The van der Waals surface area contributed by atoms with Crippen LogP contribution in [0.1, 0.15) is 23.5 Å². The average molecular weight is 386 g/mol. The highest BCUT2D eigenvalue weighted by Crippen LogP contribution is 2.29. The molecule has 0 saturated carbocycles. The zero-order valence-electron chi connectivity index (χ0n) is 16.7. The molecule has 2 nitrogen and oxygen atoms in total. The van der Waals surface area contributed by atoms with E-state index in [1.54, 1.807) is 0 Å². The molecule has 0 fully saturated rings. The molecule has 0 saturated heterocycles. The van der Waals surface area contributed by atoms with Crippen molar-refractivity contribution in [2.45, 2.75) is 12.8 Å². The quantitative estimate of drug-likeness (QED) is 0.471. The van der Waals surface area contributed by atoms with Crippen LogP contribution in [0.25, 0.3) is 22.4 Å². The van der Waals surface area contributed by atoms with Gasteiger partial charge < -0.3 is 0 Å². The van der Waals surface area contributed by atoms with E-state index >= 15 is 0 Å². The van der Waals surface area contributed by atoms with Crippen LogP contribution in [0.15, 0.2) is 109 Å². The molecule has 0 bridgehead atoms. The Hall–Kier alpha value is -3.74. The van der Waals surface area contributed by atoms with Gasteiger partial charge in [-0.15, -0.1) is 5.73 Å². The van der Waals surface area contributed by atoms with Crippen LogP contribution in [0.2, 0.25) is 0 Å². The highest BCUT2D eigenvalue weighted by atomic mass is 14.9. The van der Waals surface area contributed by atoms with Gasteiger partial charge in [-0.05, 0) is 48.6 Å². The van der Waals surface area contributed by atoms with E-state index in [-0.39, 0.29) is 0 Å². The van der Waals surface area contributed by atoms with Crippen molar-refractivity contribution >= 4 is 11.1 Å². The van der Waals surface area contributed by atoms with Gasteiger partial charge in [0.2, 0.25) is 0 Å². The number of nitrogens with zero attached hydrogens (tertiary/aromatic N) is 2. The van der Waals surface area contributed by atoms with Crippen LogP contribution in [0.3, 0.4) is 0 Å². The zero-order valence-corrected chi connectivity index (χ0v) is 16.7. The Balaban J connectivity index is 1.53. The van der Waals surface area contributed by atoms with Gasteiger partial charge >= 0.3 is 0 Å². The van der Waals surface area contributed by atoms with Crippen molar-refractivity contribution in [1.82, 2.24) is 9.97 Å². The molecule has 1 unspecified atom stereocenters. The lowest BCUT2D eigenvalue weighted by Crippen LogP contribution is -2.07. The van der Waals surface area contributed by atoms with Crippen molar-refractivity contribution in [2.24, 2.45) is 5.92 Å². The third-order valence-electron chi connectivity index (χ3n) is 5.44. The third kappa shape index (κ3) is 4.00. The molecule has 5 rings (SSSR count). The molecule has 2 aromatic carbocycles. The molecule has 144 valence electrons. The first-order valence-electron chi connectivity index (χ1n) is 10.4. The maximum atomic E-state index is 4.94. The molecule has 0 amide bonds. The number of hydrogen-bond donors (Lipinski definition) is 0. The van der Waals surface area contributed by atoms with Gasteiger partial charge in [-0.1, -0.05) is 78.9 Å². The van der Waals surface area contributed by atoms with Gasteiger partial charge in [0.05, 0.1) is 11.4 Å². The van der Waals surface area contributed by atoms with Crippen LogP contribution in [-0.2, 0) is 6.42 Å². The smallest absolute Gasteiger partial charge is 0.160 e. The van der Waals surface area contributed by atoms with E-state index in [1.165, 1.54) is 5.56 Å². The largest absolute Gasteiger partial charge is 0.228 e. The molecule has 2 aliphatic carbocycles. The SMILES string of the molecule is C1=CC=C(c2cc(-c3ccccc3)nc(C3=CC(Cc4ccccc4)CC=C3)n2)C=1. The summed E-state index contributed by atoms with van der Waals surface area (Å²) in [5.41, 5.74) is 9.62. The second-order valence-electron chi connectivity index (χ2n) is 7.64. The number of hydrogen-bond acceptors (Lipinski definition) is 2. The fraction of sp³-hybridized carbons (Fsp3) is 0.107. The molecule has 0 radical (unpaired) electrons. The summed E-state index contributed by atoms with van der Waals surface area (Å²) in [7, 11) is 0. The van der Waals surface area contributed by atoms with E-state index in [0.29, 0.717) is 5.92 Å². The summed E-state index contributed by atoms with van der Waals surface area (Å²) in [5.74, 6) is 1.23. The molecular formula is C28H22N2. The lowest BCUT2D eigenvalue weighted by atomic mass is 9.90. The Bertz CT molecular complexity index is 1210. The van der Waals surface area contributed by atoms with Crippen molar-refractivity contribution in [3.05, 3.63) is 126 Å². The standard InChI is InChI=1S/C28H22N2/c1-3-10-21(11-4-1)18-22-12-9-17-25(19-22)28-29-26(23-13-5-2-6-14-23)20-27(30-28)24-15-7-8-16-24/h1-7,9-11,13-17,19-20,22H,12,18H2. The fourth-order valence-corrected chi connectivity index (χ4v) is 3.92. The molecule has 1 aromatic heterocycles. The molecule has 2 heteroatoms. The first-order valence-corrected chi connectivity index (χ1v) is 10.4. The summed E-state index contributed by atoms with van der Waals surface area (Å²) >= 11 is 0. The number of benzene rings is 2. The maximum absolute atomic E-state index is 4.94. The van der Waals surface area contributed by atoms with Gasteiger partial charge in [0.15, 0.2) is 5.82 Å². The van der Waals surface area contributed by atoms with Crippen LogP contribution in [0.4, 0.5) is 0 Å². The van der Waals surface area contributed by atoms with E-state index in [9.17, 15) is 0 Å². The normalized spacial score (nSPS) is 17.1. The monoisotopic (exact) mass is 386 g/mol. The molecule has 0 aliphatic heterocycles. The summed E-state index contributed by atoms with van der Waals surface area (Å²) < 4.78 is 0. The van der Waals surface area contributed by atoms with Crippen LogP contribution in [0, 0.1) is 5.92 Å². The summed E-state index contributed by atoms with van der Waals surface area (Å²) in [6, 6.07) is 23.0. The summed E-state index contributed by atoms with van der Waals surface area (Å²) in [5, 5.41) is 0. The molecular weight excluding hydrogens is 364 g/mol. The predicted molar refractivity (Wildman–Crippen MR) is 123 cm³/mol. The molecule has 0 spiro atoms. The second kappa shape index (κ2) is 8.32. The second-order valence-corrected chi connectivity index (χ2v) is 7.64. The predicted octanol–water partition coefficient (Wildman–Crippen LogP) is 6.45. The summed E-state index contributed by atoms with van der Waals surface area (Å²) in [6.45, 7) is 0. The van der Waals surface area contributed by atoms with Crippen molar-refractivity contribution in [3.8, 4) is 11.3 Å². The van der Waals surface area contributed by atoms with Crippen molar-refractivity contribution in [1.29, 1.82) is 0 Å². The van der Waals surface area contributed by atoms with Crippen molar-refractivity contribution in [2.75, 3.05) is 0 Å². The van der Waals surface area contributed by atoms with Crippen LogP contribution in [-0.4, -0.2) is 9.97 Å². The van der Waals surface area contributed by atoms with Gasteiger partial charge in [-0.25, -0.2) is 9.97 Å². The highest BCUT2D eigenvalue weighted by Gasteiger charge is 2.16. The minimum atomic E-state index is 0.451. The van der Waals surface area contributed by atoms with E-state index in [4.69, 9.17) is 9.97 Å². The van der Waals surface area contributed by atoms with Crippen LogP contribution in [0.5, 0.6) is 0 Å². The number of rotatable bonds is 5. The molecule has 0 N–H and O–H groups in total. The van der Waals surface area contributed by atoms with E-state index < -0.39 is 0 Å². The van der Waals surface area contributed by atoms with Crippen molar-refractivity contribution in [3.63, 3.8) is 0 Å². The molecule has 1 atom stereocenters. The van der Waals surface area contributed by atoms with Crippen LogP contribution < -0.4 is 0 Å². The molecule has 3 aromatic rings. The minimum absolute atomic E-state index is 0.451. The van der Waals surface area contributed by atoms with Crippen molar-refractivity contribution < 1.29 is 0 Å². The Kier molecular flexibility index (Phi) is 5.08. The van der Waals surface area contributed by atoms with E-state index in [2.05, 4.69) is 72.5 Å². The number of allylic oxidation sites excluding steroid dienone is 7. The Morgan fingerprint density at radius 3 is 2.40 bits per heavy atom. The lowest BCUT2D eigenvalue weighted by Gasteiger charge is -2.17. The third-order valence-corrected chi connectivity index (χ3v) is 5.44. The van der Waals surface area contributed by atoms with Gasteiger partial charge in [-0.2, -0.15) is 0 Å². The lowest BCUT2D eigenvalue weighted by molar-refractivity contribution is 0.655. The van der Waals surface area contributed by atoms with Gasteiger partial charge in [0.1, 0.15) is 0 Å². The summed E-state index contributed by atoms with van der Waals surface area (Å²) in [6.07, 6.45) is 14.8. The Labute approximate surface area is 177 Å². The van der Waals surface area contributed by atoms with Crippen LogP contribution >= 0.6 is 0 Å². The van der Waals surface area contributed by atoms with E-state index in [1.807, 2.05) is 36.4 Å². The zero-order chi connectivity index (χ0) is 20.2. The first kappa shape index (κ1) is 18.3. The maximum Gasteiger partial charge on any atom is 0.160 e. The topological polar surface area (TPSA) is 25.8 Å². The van der Waals surface area contributed by atoms with Gasteiger partial charge in [0, 0.05) is 16.7 Å². The number of aromatic nitrogens is 2. The van der Waals surface area contributed by atoms with E-state index in [0.717, 1.165) is 46.8 Å². The van der Waals surface area contributed by atoms with Gasteiger partial charge in [0.25, 0.3) is 0 Å². The highest BCUT2D eigenvalue weighted by molar-refractivity contribution is 5.80. The average Bonchev–Trinajstić information content (AvgIpc) is 3.35. The molecule has 1 heterocycles. The Morgan fingerprint density at radius 2 is 1.63 bits per heavy atom. The fourth-order valence-electron chi connectivity index (χ4n) is 3.92. The minimum Gasteiger partial charge on any atom is -0.228 e. The summed E-state index contributed by atoms with van der Waals surface area (Å²) in [4.78, 5) is 9.85. The first-order chi connectivity index (χ1) is 14.8. The molecule has 30 heavy (non-hydrogen) atoms. The van der Waals surface area contributed by atoms with Gasteiger partial charge in [-0.3, -0.25) is 0 Å². The Morgan fingerprint density at radius 1 is 0.867 bits per heavy atom.